The van der Waals surface area contributed by atoms with Crippen LogP contribution in [0.25, 0.3) is 0 Å². The monoisotopic (exact) mass is 470 g/mol. The first-order valence-corrected chi connectivity index (χ1v) is 12.8. The van der Waals surface area contributed by atoms with Gasteiger partial charge in [-0.15, -0.1) is 11.8 Å². The molecule has 0 aliphatic heterocycles. The van der Waals surface area contributed by atoms with Gasteiger partial charge in [-0.1, -0.05) is 23.8 Å². The molecule has 0 saturated heterocycles. The summed E-state index contributed by atoms with van der Waals surface area (Å²) < 4.78 is 33.5. The summed E-state index contributed by atoms with van der Waals surface area (Å²) in [5, 5.41) is 2.77. The minimum Gasteiger partial charge on any atom is -0.494 e. The van der Waals surface area contributed by atoms with Crippen LogP contribution in [0.1, 0.15) is 12.5 Å². The van der Waals surface area contributed by atoms with Crippen molar-refractivity contribution in [2.45, 2.75) is 23.6 Å². The molecule has 0 radical (unpaired) electrons. The van der Waals surface area contributed by atoms with Crippen LogP contribution < -0.4 is 14.4 Å². The lowest BCUT2D eigenvalue weighted by Crippen LogP contribution is -2.38. The molecule has 168 valence electrons. The number of anilines is 2. The van der Waals surface area contributed by atoms with E-state index in [9.17, 15) is 13.2 Å². The van der Waals surface area contributed by atoms with Gasteiger partial charge in [-0.25, -0.2) is 8.42 Å². The Morgan fingerprint density at radius 1 is 1.03 bits per heavy atom. The maximum Gasteiger partial charge on any atom is 0.264 e. The second-order valence-corrected chi connectivity index (χ2v) is 9.77. The number of nitrogens with one attached hydrogen (secondary N) is 1. The third kappa shape index (κ3) is 5.83. The predicted molar refractivity (Wildman–Crippen MR) is 130 cm³/mol. The number of benzene rings is 3. The van der Waals surface area contributed by atoms with E-state index in [1.807, 2.05) is 32.2 Å². The van der Waals surface area contributed by atoms with Gasteiger partial charge in [-0.3, -0.25) is 9.10 Å². The van der Waals surface area contributed by atoms with Crippen LogP contribution in [0.4, 0.5) is 11.4 Å². The molecule has 0 heterocycles. The van der Waals surface area contributed by atoms with E-state index < -0.39 is 15.9 Å². The summed E-state index contributed by atoms with van der Waals surface area (Å²) in [6.45, 7) is 3.93. The van der Waals surface area contributed by atoms with Gasteiger partial charge in [-0.2, -0.15) is 0 Å². The topological polar surface area (TPSA) is 75.7 Å². The molecule has 3 aromatic rings. The molecule has 8 heteroatoms. The van der Waals surface area contributed by atoms with Crippen LogP contribution in [-0.4, -0.2) is 33.7 Å². The van der Waals surface area contributed by atoms with Gasteiger partial charge < -0.3 is 10.1 Å². The van der Waals surface area contributed by atoms with Crippen LogP contribution in [-0.2, 0) is 14.8 Å². The van der Waals surface area contributed by atoms with E-state index in [4.69, 9.17) is 4.74 Å². The summed E-state index contributed by atoms with van der Waals surface area (Å²) in [6, 6.07) is 20.7. The van der Waals surface area contributed by atoms with Crippen molar-refractivity contribution in [2.75, 3.05) is 29.0 Å². The molecule has 3 aromatic carbocycles. The highest BCUT2D eigenvalue weighted by Crippen LogP contribution is 2.26. The van der Waals surface area contributed by atoms with Crippen molar-refractivity contribution in [3.63, 3.8) is 0 Å². The lowest BCUT2D eigenvalue weighted by atomic mass is 10.2. The summed E-state index contributed by atoms with van der Waals surface area (Å²) in [7, 11) is -3.96. The molecule has 0 saturated carbocycles. The van der Waals surface area contributed by atoms with Gasteiger partial charge >= 0.3 is 0 Å². The van der Waals surface area contributed by atoms with E-state index in [0.29, 0.717) is 23.7 Å². The quantitative estimate of drug-likeness (QED) is 0.448. The lowest BCUT2D eigenvalue weighted by Gasteiger charge is -2.24. The molecular weight excluding hydrogens is 444 g/mol. The highest BCUT2D eigenvalue weighted by atomic mass is 32.2. The largest absolute Gasteiger partial charge is 0.494 e. The van der Waals surface area contributed by atoms with Gasteiger partial charge in [0.05, 0.1) is 17.2 Å². The molecule has 0 fully saturated rings. The third-order valence-corrected chi connectivity index (χ3v) is 7.22. The molecule has 0 aromatic heterocycles. The second kappa shape index (κ2) is 10.6. The molecule has 0 atom stereocenters. The third-order valence-electron chi connectivity index (χ3n) is 4.69. The minimum absolute atomic E-state index is 0.127. The molecule has 6 nitrogen and oxygen atoms in total. The van der Waals surface area contributed by atoms with Crippen LogP contribution >= 0.6 is 11.8 Å². The molecule has 0 bridgehead atoms. The number of carbonyl (C=O) groups is 1. The van der Waals surface area contributed by atoms with Crippen LogP contribution in [0, 0.1) is 6.92 Å². The fraction of sp³-hybridized carbons (Fsp3) is 0.208. The van der Waals surface area contributed by atoms with Crippen molar-refractivity contribution in [3.8, 4) is 5.75 Å². The zero-order chi connectivity index (χ0) is 23.1. The van der Waals surface area contributed by atoms with Gasteiger partial charge in [0.25, 0.3) is 10.0 Å². The summed E-state index contributed by atoms with van der Waals surface area (Å²) >= 11 is 1.53. The molecule has 1 amide bonds. The first-order chi connectivity index (χ1) is 15.3. The Balaban J connectivity index is 1.90. The maximum atomic E-state index is 13.5. The molecule has 0 aliphatic rings. The fourth-order valence-corrected chi connectivity index (χ4v) is 4.89. The van der Waals surface area contributed by atoms with E-state index in [1.165, 1.54) is 11.8 Å². The van der Waals surface area contributed by atoms with E-state index >= 15 is 0 Å². The Morgan fingerprint density at radius 3 is 2.34 bits per heavy atom. The van der Waals surface area contributed by atoms with Crippen molar-refractivity contribution < 1.29 is 17.9 Å². The van der Waals surface area contributed by atoms with Crippen molar-refractivity contribution in [1.29, 1.82) is 0 Å². The Labute approximate surface area is 193 Å². The minimum atomic E-state index is -3.96. The summed E-state index contributed by atoms with van der Waals surface area (Å²) in [5.74, 6) is 0.172. The van der Waals surface area contributed by atoms with Crippen LogP contribution in [0.5, 0.6) is 5.75 Å². The highest BCUT2D eigenvalue weighted by molar-refractivity contribution is 7.98. The number of hydrogen-bond donors (Lipinski definition) is 1. The average molecular weight is 471 g/mol. The Hall–Kier alpha value is -2.97. The molecule has 0 spiro atoms. The number of hydrogen-bond acceptors (Lipinski definition) is 5. The number of thioether (sulfide) groups is 1. The Kier molecular flexibility index (Phi) is 7.82. The van der Waals surface area contributed by atoms with Gasteiger partial charge in [0, 0.05) is 16.6 Å². The molecule has 1 N–H and O–H groups in total. The average Bonchev–Trinajstić information content (AvgIpc) is 2.78. The predicted octanol–water partition coefficient (Wildman–Crippen LogP) is 4.95. The summed E-state index contributed by atoms with van der Waals surface area (Å²) in [4.78, 5) is 13.9. The van der Waals surface area contributed by atoms with Gasteiger partial charge in [0.2, 0.25) is 5.91 Å². The van der Waals surface area contributed by atoms with Gasteiger partial charge in [-0.05, 0) is 68.6 Å². The van der Waals surface area contributed by atoms with Crippen molar-refractivity contribution in [1.82, 2.24) is 0 Å². The molecular formula is C24H26N2O4S2. The molecule has 0 unspecified atom stereocenters. The lowest BCUT2D eigenvalue weighted by molar-refractivity contribution is -0.114. The number of carbonyl (C=O) groups excluding carboxylic acids is 1. The fourth-order valence-electron chi connectivity index (χ4n) is 3.06. The van der Waals surface area contributed by atoms with E-state index in [1.54, 1.807) is 60.7 Å². The first-order valence-electron chi connectivity index (χ1n) is 10.1. The Morgan fingerprint density at radius 2 is 1.72 bits per heavy atom. The second-order valence-electron chi connectivity index (χ2n) is 7.03. The molecule has 32 heavy (non-hydrogen) atoms. The SMILES string of the molecule is CCOc1cccc(NC(=O)CN(c2ccc(C)cc2)S(=O)(=O)c2ccc(SC)cc2)c1. The normalized spacial score (nSPS) is 11.1. The van der Waals surface area contributed by atoms with Crippen molar-refractivity contribution in [3.05, 3.63) is 78.4 Å². The van der Waals surface area contributed by atoms with Crippen molar-refractivity contribution >= 4 is 39.1 Å². The number of sulfonamides is 1. The molecule has 0 aliphatic carbocycles. The first kappa shape index (κ1) is 23.7. The van der Waals surface area contributed by atoms with E-state index in [0.717, 1.165) is 14.8 Å². The van der Waals surface area contributed by atoms with Crippen LogP contribution in [0.15, 0.2) is 82.6 Å². The van der Waals surface area contributed by atoms with Crippen molar-refractivity contribution in [2.24, 2.45) is 0 Å². The van der Waals surface area contributed by atoms with Crippen LogP contribution in [0.3, 0.4) is 0 Å². The zero-order valence-corrected chi connectivity index (χ0v) is 19.9. The Bertz CT molecular complexity index is 1160. The number of ether oxygens (including phenoxy) is 1. The standard InChI is InChI=1S/C24H26N2O4S2/c1-4-30-21-7-5-6-19(16-21)25-24(27)17-26(20-10-8-18(2)9-11-20)32(28,29)23-14-12-22(31-3)13-15-23/h5-16H,4,17H2,1-3H3,(H,25,27). The number of rotatable bonds is 9. The number of nitrogens with zero attached hydrogens (tertiary/aromatic N) is 1. The summed E-state index contributed by atoms with van der Waals surface area (Å²) in [6.07, 6.45) is 1.92. The van der Waals surface area contributed by atoms with E-state index in [2.05, 4.69) is 5.32 Å². The highest BCUT2D eigenvalue weighted by Gasteiger charge is 2.27. The zero-order valence-electron chi connectivity index (χ0n) is 18.2. The number of aryl methyl sites for hydroxylation is 1. The van der Waals surface area contributed by atoms with Gasteiger partial charge in [0.15, 0.2) is 0 Å². The summed E-state index contributed by atoms with van der Waals surface area (Å²) in [5.41, 5.74) is 1.95. The molecule has 3 rings (SSSR count). The maximum absolute atomic E-state index is 13.5. The number of amides is 1. The van der Waals surface area contributed by atoms with E-state index in [-0.39, 0.29) is 11.4 Å². The van der Waals surface area contributed by atoms with Crippen LogP contribution in [0.2, 0.25) is 0 Å². The van der Waals surface area contributed by atoms with Gasteiger partial charge in [0.1, 0.15) is 12.3 Å². The smallest absolute Gasteiger partial charge is 0.264 e.